The minimum Gasteiger partial charge on any atom is -0.460 e. The third kappa shape index (κ3) is 2.37. The van der Waals surface area contributed by atoms with Crippen molar-refractivity contribution in [3.8, 4) is 0 Å². The lowest BCUT2D eigenvalue weighted by atomic mass is 10.1. The maximum absolute atomic E-state index is 13.0. The number of carbonyl (C=O) groups excluding carboxylic acids is 3. The third-order valence-corrected chi connectivity index (χ3v) is 2.01. The van der Waals surface area contributed by atoms with Crippen LogP contribution < -0.4 is 0 Å². The van der Waals surface area contributed by atoms with E-state index in [-0.39, 0.29) is 19.4 Å². The summed E-state index contributed by atoms with van der Waals surface area (Å²) in [6.45, 7) is 1.62. The number of halogens is 1. The van der Waals surface area contributed by atoms with E-state index in [0.29, 0.717) is 0 Å². The maximum Gasteiger partial charge on any atom is 0.375 e. The lowest BCUT2D eigenvalue weighted by molar-refractivity contribution is -0.154. The van der Waals surface area contributed by atoms with E-state index in [1.807, 2.05) is 0 Å². The lowest BCUT2D eigenvalue weighted by Crippen LogP contribution is -2.26. The molecule has 4 nitrogen and oxygen atoms in total. The number of alkyl halides is 1. The van der Waals surface area contributed by atoms with Crippen molar-refractivity contribution in [3.63, 3.8) is 0 Å². The van der Waals surface area contributed by atoms with Gasteiger partial charge in [0.15, 0.2) is 11.5 Å². The highest BCUT2D eigenvalue weighted by Gasteiger charge is 2.50. The fraction of sp³-hybridized carbons (Fsp3) is 0.667. The van der Waals surface area contributed by atoms with Gasteiger partial charge in [-0.15, -0.1) is 0 Å². The number of esters is 1. The van der Waals surface area contributed by atoms with E-state index in [1.165, 1.54) is 0 Å². The molecule has 0 aliphatic heterocycles. The van der Waals surface area contributed by atoms with E-state index in [2.05, 4.69) is 4.74 Å². The first-order chi connectivity index (χ1) is 6.49. The molecule has 0 amide bonds. The number of ether oxygens (including phenoxy) is 1. The molecule has 0 heterocycles. The molecule has 1 fully saturated rings. The van der Waals surface area contributed by atoms with Gasteiger partial charge in [-0.2, -0.15) is 0 Å². The Balaban J connectivity index is 2.40. The van der Waals surface area contributed by atoms with Crippen LogP contribution in [0.1, 0.15) is 26.2 Å². The second-order valence-electron chi connectivity index (χ2n) is 3.21. The van der Waals surface area contributed by atoms with Gasteiger partial charge in [-0.3, -0.25) is 9.59 Å². The molecule has 0 aromatic carbocycles. The molecular weight excluding hydrogens is 191 g/mol. The predicted molar refractivity (Wildman–Crippen MR) is 44.3 cm³/mol. The molecule has 78 valence electrons. The normalized spacial score (nSPS) is 17.3. The molecule has 1 aliphatic rings. The van der Waals surface area contributed by atoms with Gasteiger partial charge in [0.2, 0.25) is 5.78 Å². The van der Waals surface area contributed by atoms with Gasteiger partial charge in [0.1, 0.15) is 0 Å². The van der Waals surface area contributed by atoms with Crippen LogP contribution in [0.5, 0.6) is 0 Å². The summed E-state index contributed by atoms with van der Waals surface area (Å²) in [7, 11) is 0. The number of rotatable bonds is 5. The van der Waals surface area contributed by atoms with Gasteiger partial charge in [-0.25, -0.2) is 9.18 Å². The molecule has 0 unspecified atom stereocenters. The Hall–Kier alpha value is -1.26. The number of hydrogen-bond acceptors (Lipinski definition) is 4. The number of hydrogen-bond donors (Lipinski definition) is 0. The minimum absolute atomic E-state index is 0.0690. The number of carbonyl (C=O) groups is 3. The van der Waals surface area contributed by atoms with Crippen LogP contribution in [-0.4, -0.2) is 29.8 Å². The summed E-state index contributed by atoms with van der Waals surface area (Å²) in [4.78, 5) is 32.8. The molecule has 5 heteroatoms. The van der Waals surface area contributed by atoms with Crippen molar-refractivity contribution in [2.45, 2.75) is 31.9 Å². The Labute approximate surface area is 80.4 Å². The average Bonchev–Trinajstić information content (AvgIpc) is 2.85. The van der Waals surface area contributed by atoms with Gasteiger partial charge >= 0.3 is 5.97 Å². The van der Waals surface area contributed by atoms with Gasteiger partial charge in [0.25, 0.3) is 0 Å². The molecule has 0 spiro atoms. The van der Waals surface area contributed by atoms with Crippen molar-refractivity contribution in [1.29, 1.82) is 0 Å². The van der Waals surface area contributed by atoms with E-state index in [0.717, 1.165) is 0 Å². The molecule has 0 atom stereocenters. The molecule has 1 rings (SSSR count). The Kier molecular flexibility index (Phi) is 2.98. The fourth-order valence-corrected chi connectivity index (χ4v) is 0.977. The molecule has 0 saturated heterocycles. The van der Waals surface area contributed by atoms with Crippen molar-refractivity contribution in [1.82, 2.24) is 0 Å². The highest BCUT2D eigenvalue weighted by molar-refractivity contribution is 6.37. The first-order valence-corrected chi connectivity index (χ1v) is 4.42. The largest absolute Gasteiger partial charge is 0.460 e. The van der Waals surface area contributed by atoms with E-state index < -0.39 is 29.6 Å². The quantitative estimate of drug-likeness (QED) is 0.371. The second-order valence-corrected chi connectivity index (χ2v) is 3.21. The lowest BCUT2D eigenvalue weighted by Gasteiger charge is -2.02. The van der Waals surface area contributed by atoms with Gasteiger partial charge in [-0.05, 0) is 19.8 Å². The molecule has 0 aromatic heterocycles. The summed E-state index contributed by atoms with van der Waals surface area (Å²) in [6, 6.07) is 0. The van der Waals surface area contributed by atoms with Gasteiger partial charge in [-0.1, -0.05) is 0 Å². The van der Waals surface area contributed by atoms with Crippen LogP contribution in [0.3, 0.4) is 0 Å². The Bertz CT molecular complexity index is 281. The second kappa shape index (κ2) is 3.86. The molecular formula is C9H11FO4. The highest BCUT2D eigenvalue weighted by atomic mass is 19.1. The summed E-state index contributed by atoms with van der Waals surface area (Å²) in [5.74, 6) is -2.85. The fourth-order valence-electron chi connectivity index (χ4n) is 0.977. The summed E-state index contributed by atoms with van der Waals surface area (Å²) < 4.78 is 17.4. The van der Waals surface area contributed by atoms with E-state index in [1.54, 1.807) is 6.92 Å². The first kappa shape index (κ1) is 10.8. The number of ketones is 2. The van der Waals surface area contributed by atoms with E-state index in [4.69, 9.17) is 0 Å². The summed E-state index contributed by atoms with van der Waals surface area (Å²) in [5, 5.41) is 0. The summed E-state index contributed by atoms with van der Waals surface area (Å²) in [5.41, 5.74) is -1.85. The van der Waals surface area contributed by atoms with Crippen LogP contribution in [-0.2, 0) is 19.1 Å². The summed E-state index contributed by atoms with van der Waals surface area (Å²) in [6.07, 6.45) is -0.376. The van der Waals surface area contributed by atoms with E-state index >= 15 is 0 Å². The van der Waals surface area contributed by atoms with Crippen LogP contribution in [0.25, 0.3) is 0 Å². The van der Waals surface area contributed by atoms with Crippen molar-refractivity contribution in [2.24, 2.45) is 0 Å². The van der Waals surface area contributed by atoms with Crippen molar-refractivity contribution >= 4 is 17.5 Å². The zero-order valence-electron chi connectivity index (χ0n) is 7.84. The molecule has 14 heavy (non-hydrogen) atoms. The monoisotopic (exact) mass is 202 g/mol. The van der Waals surface area contributed by atoms with Crippen LogP contribution >= 0.6 is 0 Å². The van der Waals surface area contributed by atoms with Crippen LogP contribution in [0.15, 0.2) is 0 Å². The Morgan fingerprint density at radius 2 is 1.93 bits per heavy atom. The average molecular weight is 202 g/mol. The third-order valence-electron chi connectivity index (χ3n) is 2.01. The highest BCUT2D eigenvalue weighted by Crippen LogP contribution is 2.41. The van der Waals surface area contributed by atoms with Crippen LogP contribution in [0.4, 0.5) is 4.39 Å². The molecule has 0 aromatic rings. The molecule has 0 radical (unpaired) electrons. The van der Waals surface area contributed by atoms with Crippen molar-refractivity contribution in [3.05, 3.63) is 0 Å². The minimum atomic E-state index is -1.85. The predicted octanol–water partition coefficient (Wildman–Crippen LogP) is 0.580. The standard InChI is InChI=1S/C9H11FO4/c1-2-14-8(13)6(11)5-7(12)9(10)3-4-9/h2-5H2,1H3. The molecule has 1 saturated carbocycles. The SMILES string of the molecule is CCOC(=O)C(=O)CC(=O)C1(F)CC1. The van der Waals surface area contributed by atoms with E-state index in [9.17, 15) is 18.8 Å². The zero-order valence-corrected chi connectivity index (χ0v) is 7.84. The number of Topliss-reactive ketones (excluding diaryl/α,β-unsaturated/α-hetero) is 2. The molecule has 0 N–H and O–H groups in total. The van der Waals surface area contributed by atoms with Crippen LogP contribution in [0.2, 0.25) is 0 Å². The topological polar surface area (TPSA) is 60.4 Å². The molecule has 0 bridgehead atoms. The smallest absolute Gasteiger partial charge is 0.375 e. The van der Waals surface area contributed by atoms with Crippen LogP contribution in [0, 0.1) is 0 Å². The van der Waals surface area contributed by atoms with Gasteiger partial charge in [0.05, 0.1) is 13.0 Å². The van der Waals surface area contributed by atoms with Gasteiger partial charge in [0, 0.05) is 0 Å². The molecule has 1 aliphatic carbocycles. The van der Waals surface area contributed by atoms with Crippen molar-refractivity contribution in [2.75, 3.05) is 6.61 Å². The zero-order chi connectivity index (χ0) is 10.8. The van der Waals surface area contributed by atoms with Crippen molar-refractivity contribution < 1.29 is 23.5 Å². The Morgan fingerprint density at radius 3 is 2.36 bits per heavy atom. The summed E-state index contributed by atoms with van der Waals surface area (Å²) >= 11 is 0. The maximum atomic E-state index is 13.0. The first-order valence-electron chi connectivity index (χ1n) is 4.42. The Morgan fingerprint density at radius 1 is 1.36 bits per heavy atom. The van der Waals surface area contributed by atoms with Gasteiger partial charge < -0.3 is 4.74 Å².